The Morgan fingerprint density at radius 1 is 1.06 bits per heavy atom. The molecule has 1 aliphatic heterocycles. The zero-order chi connectivity index (χ0) is 22.6. The predicted octanol–water partition coefficient (Wildman–Crippen LogP) is 4.24. The minimum Gasteiger partial charge on any atom is -0.379 e. The lowest BCUT2D eigenvalue weighted by molar-refractivity contribution is 0.0729. The van der Waals surface area contributed by atoms with E-state index in [1.165, 1.54) is 10.4 Å². The zero-order valence-electron chi connectivity index (χ0n) is 17.6. The molecule has 1 aliphatic rings. The van der Waals surface area contributed by atoms with Crippen LogP contribution >= 0.6 is 23.2 Å². The van der Waals surface area contributed by atoms with E-state index in [1.807, 2.05) is 19.9 Å². The lowest BCUT2D eigenvalue weighted by Crippen LogP contribution is -2.41. The molecule has 0 bridgehead atoms. The van der Waals surface area contributed by atoms with Crippen molar-refractivity contribution in [2.24, 2.45) is 0 Å². The molecule has 31 heavy (non-hydrogen) atoms. The quantitative estimate of drug-likeness (QED) is 0.589. The fourth-order valence-electron chi connectivity index (χ4n) is 3.51. The van der Waals surface area contributed by atoms with E-state index < -0.39 is 10.0 Å². The van der Waals surface area contributed by atoms with Crippen molar-refractivity contribution >= 4 is 39.1 Å². The number of nitrogens with zero attached hydrogens (tertiary/aromatic N) is 2. The molecule has 3 rings (SSSR count). The lowest BCUT2D eigenvalue weighted by Gasteiger charge is -2.27. The number of amides is 1. The Labute approximate surface area is 193 Å². The van der Waals surface area contributed by atoms with Crippen molar-refractivity contribution in [2.75, 3.05) is 32.8 Å². The average Bonchev–Trinajstić information content (AvgIpc) is 2.79. The first-order valence-electron chi connectivity index (χ1n) is 10.2. The number of aryl methyl sites for hydroxylation is 1. The van der Waals surface area contributed by atoms with Crippen LogP contribution in [0.2, 0.25) is 10.0 Å². The number of hydrogen-bond acceptors (Lipinski definition) is 4. The zero-order valence-corrected chi connectivity index (χ0v) is 19.9. The van der Waals surface area contributed by atoms with Gasteiger partial charge < -0.3 is 9.64 Å². The molecular weight excluding hydrogens is 459 g/mol. The predicted molar refractivity (Wildman–Crippen MR) is 122 cm³/mol. The van der Waals surface area contributed by atoms with Gasteiger partial charge in [0, 0.05) is 31.7 Å². The van der Waals surface area contributed by atoms with E-state index in [-0.39, 0.29) is 10.8 Å². The summed E-state index contributed by atoms with van der Waals surface area (Å²) in [6, 6.07) is 10.2. The first-order chi connectivity index (χ1) is 14.8. The van der Waals surface area contributed by atoms with Crippen molar-refractivity contribution in [1.82, 2.24) is 9.21 Å². The standard InChI is InChI=1S/C22H26Cl2N2O4S/c1-3-17-6-7-18(14-21(17)31(28,29)26-9-11-30-12-10-26)22(27)25(4-2)15-16-5-8-19(23)20(24)13-16/h5-8,13-14H,3-4,9-12,15H2,1-2H3. The van der Waals surface area contributed by atoms with Gasteiger partial charge in [-0.15, -0.1) is 0 Å². The molecule has 2 aromatic rings. The lowest BCUT2D eigenvalue weighted by atomic mass is 10.1. The first kappa shape index (κ1) is 24.0. The molecule has 9 heteroatoms. The third-order valence-corrected chi connectivity index (χ3v) is 8.03. The molecule has 1 amide bonds. The maximum absolute atomic E-state index is 13.3. The van der Waals surface area contributed by atoms with Gasteiger partial charge in [-0.25, -0.2) is 8.42 Å². The molecule has 6 nitrogen and oxygen atoms in total. The third-order valence-electron chi connectivity index (χ3n) is 5.31. The van der Waals surface area contributed by atoms with Crippen LogP contribution in [0.3, 0.4) is 0 Å². The number of carbonyl (C=O) groups is 1. The fraction of sp³-hybridized carbons (Fsp3) is 0.409. The summed E-state index contributed by atoms with van der Waals surface area (Å²) in [6.07, 6.45) is 0.550. The highest BCUT2D eigenvalue weighted by Gasteiger charge is 2.29. The Balaban J connectivity index is 1.91. The van der Waals surface area contributed by atoms with Crippen molar-refractivity contribution in [1.29, 1.82) is 0 Å². The van der Waals surface area contributed by atoms with E-state index in [0.29, 0.717) is 67.0 Å². The van der Waals surface area contributed by atoms with E-state index >= 15 is 0 Å². The Bertz CT molecular complexity index is 1050. The molecule has 0 radical (unpaired) electrons. The van der Waals surface area contributed by atoms with Gasteiger partial charge in [0.2, 0.25) is 10.0 Å². The van der Waals surface area contributed by atoms with Gasteiger partial charge in [0.1, 0.15) is 0 Å². The molecule has 0 N–H and O–H groups in total. The molecule has 1 fully saturated rings. The van der Waals surface area contributed by atoms with Gasteiger partial charge in [-0.1, -0.05) is 42.3 Å². The highest BCUT2D eigenvalue weighted by atomic mass is 35.5. The summed E-state index contributed by atoms with van der Waals surface area (Å²) < 4.78 is 33.2. The molecular formula is C22H26Cl2N2O4S. The molecule has 0 aromatic heterocycles. The van der Waals surface area contributed by atoms with Gasteiger partial charge in [-0.05, 0) is 48.7 Å². The molecule has 0 spiro atoms. The van der Waals surface area contributed by atoms with Crippen LogP contribution in [-0.4, -0.2) is 56.4 Å². The molecule has 0 saturated carbocycles. The van der Waals surface area contributed by atoms with Gasteiger partial charge in [0.25, 0.3) is 5.91 Å². The number of rotatable bonds is 7. The van der Waals surface area contributed by atoms with Crippen molar-refractivity contribution in [3.8, 4) is 0 Å². The van der Waals surface area contributed by atoms with E-state index in [9.17, 15) is 13.2 Å². The van der Waals surface area contributed by atoms with Crippen molar-refractivity contribution in [3.05, 3.63) is 63.1 Å². The Hall–Kier alpha value is -1.64. The largest absolute Gasteiger partial charge is 0.379 e. The van der Waals surface area contributed by atoms with Crippen molar-refractivity contribution < 1.29 is 17.9 Å². The molecule has 168 valence electrons. The molecule has 1 heterocycles. The van der Waals surface area contributed by atoms with Crippen molar-refractivity contribution in [2.45, 2.75) is 31.7 Å². The van der Waals surface area contributed by atoms with E-state index in [2.05, 4.69) is 0 Å². The van der Waals surface area contributed by atoms with Crippen LogP contribution in [0.4, 0.5) is 0 Å². The van der Waals surface area contributed by atoms with Crippen LogP contribution in [0.1, 0.15) is 35.3 Å². The fourth-order valence-corrected chi connectivity index (χ4v) is 5.56. The van der Waals surface area contributed by atoms with Gasteiger partial charge in [-0.3, -0.25) is 4.79 Å². The van der Waals surface area contributed by atoms with Crippen LogP contribution in [-0.2, 0) is 27.7 Å². The summed E-state index contributed by atoms with van der Waals surface area (Å²) in [5.41, 5.74) is 1.87. The summed E-state index contributed by atoms with van der Waals surface area (Å²) in [7, 11) is -3.71. The number of sulfonamides is 1. The second-order valence-electron chi connectivity index (χ2n) is 7.26. The minimum atomic E-state index is -3.71. The van der Waals surface area contributed by atoms with Gasteiger partial charge in [-0.2, -0.15) is 4.31 Å². The highest BCUT2D eigenvalue weighted by molar-refractivity contribution is 7.89. The molecule has 0 unspecified atom stereocenters. The van der Waals surface area contributed by atoms with Crippen LogP contribution in [0.25, 0.3) is 0 Å². The van der Waals surface area contributed by atoms with Crippen LogP contribution < -0.4 is 0 Å². The topological polar surface area (TPSA) is 66.9 Å². The molecule has 0 atom stereocenters. The second kappa shape index (κ2) is 10.3. The van der Waals surface area contributed by atoms with Crippen LogP contribution in [0, 0.1) is 0 Å². The number of hydrogen-bond donors (Lipinski definition) is 0. The highest BCUT2D eigenvalue weighted by Crippen LogP contribution is 2.26. The maximum atomic E-state index is 13.3. The van der Waals surface area contributed by atoms with E-state index in [0.717, 1.165) is 5.56 Å². The van der Waals surface area contributed by atoms with E-state index in [1.54, 1.807) is 29.2 Å². The SMILES string of the molecule is CCc1ccc(C(=O)N(CC)Cc2ccc(Cl)c(Cl)c2)cc1S(=O)(=O)N1CCOCC1. The summed E-state index contributed by atoms with van der Waals surface area (Å²) >= 11 is 12.1. The van der Waals surface area contributed by atoms with Crippen molar-refractivity contribution in [3.63, 3.8) is 0 Å². The number of carbonyl (C=O) groups excluding carboxylic acids is 1. The smallest absolute Gasteiger partial charge is 0.254 e. The Kier molecular flexibility index (Phi) is 7.99. The van der Waals surface area contributed by atoms with Gasteiger partial charge >= 0.3 is 0 Å². The Morgan fingerprint density at radius 2 is 1.77 bits per heavy atom. The van der Waals surface area contributed by atoms with Gasteiger partial charge in [0.15, 0.2) is 0 Å². The average molecular weight is 485 g/mol. The number of benzene rings is 2. The maximum Gasteiger partial charge on any atom is 0.254 e. The third kappa shape index (κ3) is 5.41. The summed E-state index contributed by atoms with van der Waals surface area (Å²) in [6.45, 7) is 5.93. The van der Waals surface area contributed by atoms with E-state index in [4.69, 9.17) is 27.9 Å². The normalized spacial score (nSPS) is 15.1. The second-order valence-corrected chi connectivity index (χ2v) is 9.98. The number of halogens is 2. The van der Waals surface area contributed by atoms with Crippen LogP contribution in [0.15, 0.2) is 41.3 Å². The summed E-state index contributed by atoms with van der Waals surface area (Å²) in [4.78, 5) is 15.1. The number of morpholine rings is 1. The molecule has 0 aliphatic carbocycles. The first-order valence-corrected chi connectivity index (χ1v) is 12.4. The monoisotopic (exact) mass is 484 g/mol. The number of ether oxygens (including phenoxy) is 1. The Morgan fingerprint density at radius 3 is 2.39 bits per heavy atom. The minimum absolute atomic E-state index is 0.188. The van der Waals surface area contributed by atoms with Gasteiger partial charge in [0.05, 0.1) is 28.2 Å². The van der Waals surface area contributed by atoms with Crippen LogP contribution in [0.5, 0.6) is 0 Å². The molecule has 1 saturated heterocycles. The molecule has 2 aromatic carbocycles. The summed E-state index contributed by atoms with van der Waals surface area (Å²) in [5, 5.41) is 0.877. The summed E-state index contributed by atoms with van der Waals surface area (Å²) in [5.74, 6) is -0.241.